The molecule has 0 unspecified atom stereocenters. The van der Waals surface area contributed by atoms with E-state index in [1.807, 2.05) is 0 Å². The van der Waals surface area contributed by atoms with Gasteiger partial charge in [0.1, 0.15) is 11.2 Å². The summed E-state index contributed by atoms with van der Waals surface area (Å²) in [6.45, 7) is 8.11. The molecule has 1 aliphatic heterocycles. The van der Waals surface area contributed by atoms with Gasteiger partial charge in [0.05, 0.1) is 6.20 Å². The summed E-state index contributed by atoms with van der Waals surface area (Å²) in [5.41, 5.74) is 0.268. The van der Waals surface area contributed by atoms with E-state index >= 15 is 0 Å². The molecule has 1 saturated heterocycles. The topological polar surface area (TPSA) is 67.2 Å². The van der Waals surface area contributed by atoms with E-state index in [-0.39, 0.29) is 11.8 Å². The SMILES string of the molecule is C=Cc1cnn(C)c1C(=O)N1CCNC(=O)C1(C)C. The summed E-state index contributed by atoms with van der Waals surface area (Å²) in [7, 11) is 1.71. The van der Waals surface area contributed by atoms with Crippen LogP contribution in [0.4, 0.5) is 0 Å². The number of carbonyl (C=O) groups excluding carboxylic acids is 2. The number of hydrogen-bond donors (Lipinski definition) is 1. The maximum absolute atomic E-state index is 12.7. The van der Waals surface area contributed by atoms with Crippen LogP contribution in [0.15, 0.2) is 12.8 Å². The van der Waals surface area contributed by atoms with Crippen molar-refractivity contribution in [1.82, 2.24) is 20.0 Å². The average molecular weight is 262 g/mol. The summed E-state index contributed by atoms with van der Waals surface area (Å²) in [5, 5.41) is 6.84. The first-order valence-electron chi connectivity index (χ1n) is 6.14. The van der Waals surface area contributed by atoms with E-state index in [1.54, 1.807) is 38.1 Å². The number of rotatable bonds is 2. The van der Waals surface area contributed by atoms with Gasteiger partial charge >= 0.3 is 0 Å². The summed E-state index contributed by atoms with van der Waals surface area (Å²) < 4.78 is 1.52. The molecule has 0 aliphatic carbocycles. The molecule has 0 spiro atoms. The Morgan fingerprint density at radius 2 is 2.26 bits per heavy atom. The molecule has 2 amide bonds. The monoisotopic (exact) mass is 262 g/mol. The Balaban J connectivity index is 2.41. The first-order valence-corrected chi connectivity index (χ1v) is 6.14. The van der Waals surface area contributed by atoms with Crippen LogP contribution < -0.4 is 5.32 Å². The highest BCUT2D eigenvalue weighted by atomic mass is 16.2. The van der Waals surface area contributed by atoms with Gasteiger partial charge < -0.3 is 10.2 Å². The van der Waals surface area contributed by atoms with E-state index in [9.17, 15) is 9.59 Å². The normalized spacial score (nSPS) is 18.1. The zero-order valence-corrected chi connectivity index (χ0v) is 11.4. The first kappa shape index (κ1) is 13.3. The Kier molecular flexibility index (Phi) is 3.18. The van der Waals surface area contributed by atoms with Crippen LogP contribution in [0.3, 0.4) is 0 Å². The second-order valence-electron chi connectivity index (χ2n) is 5.05. The van der Waals surface area contributed by atoms with Crippen LogP contribution in [-0.4, -0.2) is 45.1 Å². The van der Waals surface area contributed by atoms with Gasteiger partial charge in [-0.05, 0) is 13.8 Å². The predicted octanol–water partition coefficient (Wildman–Crippen LogP) is 0.414. The van der Waals surface area contributed by atoms with Crippen LogP contribution >= 0.6 is 0 Å². The van der Waals surface area contributed by atoms with E-state index < -0.39 is 5.54 Å². The zero-order chi connectivity index (χ0) is 14.2. The molecule has 0 radical (unpaired) electrons. The van der Waals surface area contributed by atoms with Crippen molar-refractivity contribution in [2.75, 3.05) is 13.1 Å². The van der Waals surface area contributed by atoms with Crippen molar-refractivity contribution in [3.05, 3.63) is 24.0 Å². The minimum Gasteiger partial charge on any atom is -0.352 e. The number of aryl methyl sites for hydroxylation is 1. The third kappa shape index (κ3) is 2.03. The van der Waals surface area contributed by atoms with E-state index in [1.165, 1.54) is 4.68 Å². The zero-order valence-electron chi connectivity index (χ0n) is 11.4. The van der Waals surface area contributed by atoms with Crippen LogP contribution in [-0.2, 0) is 11.8 Å². The fraction of sp³-hybridized carbons (Fsp3) is 0.462. The molecule has 1 N–H and O–H groups in total. The Hall–Kier alpha value is -2.11. The molecule has 0 aromatic carbocycles. The molecule has 102 valence electrons. The summed E-state index contributed by atoms with van der Waals surface area (Å²) in [5.74, 6) is -0.343. The fourth-order valence-corrected chi connectivity index (χ4v) is 2.25. The number of nitrogens with one attached hydrogen (secondary N) is 1. The molecule has 1 aromatic heterocycles. The Labute approximate surface area is 112 Å². The lowest BCUT2D eigenvalue weighted by Gasteiger charge is -2.41. The minimum absolute atomic E-state index is 0.144. The smallest absolute Gasteiger partial charge is 0.273 e. The standard InChI is InChI=1S/C13H18N4O2/c1-5-9-8-15-16(4)10(9)11(18)17-7-6-14-12(19)13(17,2)3/h5,8H,1,6-7H2,2-4H3,(H,14,19). The van der Waals surface area contributed by atoms with Gasteiger partial charge in [-0.1, -0.05) is 12.7 Å². The second-order valence-corrected chi connectivity index (χ2v) is 5.05. The molecule has 0 saturated carbocycles. The van der Waals surface area contributed by atoms with Crippen molar-refractivity contribution >= 4 is 17.9 Å². The molecule has 1 aromatic rings. The molecule has 19 heavy (non-hydrogen) atoms. The molecule has 1 fully saturated rings. The molecular weight excluding hydrogens is 244 g/mol. The van der Waals surface area contributed by atoms with E-state index in [0.717, 1.165) is 0 Å². The highest BCUT2D eigenvalue weighted by Gasteiger charge is 2.41. The van der Waals surface area contributed by atoms with Gasteiger partial charge in [-0.3, -0.25) is 14.3 Å². The van der Waals surface area contributed by atoms with Crippen LogP contribution in [0.1, 0.15) is 29.9 Å². The number of amides is 2. The third-order valence-electron chi connectivity index (χ3n) is 3.49. The summed E-state index contributed by atoms with van der Waals surface area (Å²) in [6.07, 6.45) is 3.19. The number of aromatic nitrogens is 2. The van der Waals surface area contributed by atoms with Gasteiger partial charge in [0.25, 0.3) is 5.91 Å². The van der Waals surface area contributed by atoms with Crippen LogP contribution in [0.2, 0.25) is 0 Å². The highest BCUT2D eigenvalue weighted by Crippen LogP contribution is 2.22. The van der Waals surface area contributed by atoms with Gasteiger partial charge in [-0.15, -0.1) is 0 Å². The van der Waals surface area contributed by atoms with Gasteiger partial charge in [0.2, 0.25) is 5.91 Å². The summed E-state index contributed by atoms with van der Waals surface area (Å²) in [4.78, 5) is 26.1. The summed E-state index contributed by atoms with van der Waals surface area (Å²) in [6, 6.07) is 0. The lowest BCUT2D eigenvalue weighted by Crippen LogP contribution is -2.63. The summed E-state index contributed by atoms with van der Waals surface area (Å²) >= 11 is 0. The second kappa shape index (κ2) is 4.53. The van der Waals surface area contributed by atoms with Gasteiger partial charge in [-0.25, -0.2) is 0 Å². The highest BCUT2D eigenvalue weighted by molar-refractivity contribution is 6.00. The van der Waals surface area contributed by atoms with Crippen molar-refractivity contribution in [2.24, 2.45) is 7.05 Å². The molecule has 6 heteroatoms. The van der Waals surface area contributed by atoms with E-state index in [4.69, 9.17) is 0 Å². The van der Waals surface area contributed by atoms with Crippen molar-refractivity contribution < 1.29 is 9.59 Å². The van der Waals surface area contributed by atoms with Crippen LogP contribution in [0.5, 0.6) is 0 Å². The quantitative estimate of drug-likeness (QED) is 0.839. The molecule has 6 nitrogen and oxygen atoms in total. The molecule has 1 aliphatic rings. The van der Waals surface area contributed by atoms with Crippen molar-refractivity contribution in [3.63, 3.8) is 0 Å². The molecule has 0 bridgehead atoms. The first-order chi connectivity index (χ1) is 8.89. The molecule has 2 heterocycles. The fourth-order valence-electron chi connectivity index (χ4n) is 2.25. The maximum Gasteiger partial charge on any atom is 0.273 e. The lowest BCUT2D eigenvalue weighted by atomic mass is 9.98. The van der Waals surface area contributed by atoms with E-state index in [2.05, 4.69) is 17.0 Å². The van der Waals surface area contributed by atoms with Gasteiger partial charge in [0.15, 0.2) is 0 Å². The molecule has 2 rings (SSSR count). The number of carbonyl (C=O) groups is 2. The largest absolute Gasteiger partial charge is 0.352 e. The maximum atomic E-state index is 12.7. The van der Waals surface area contributed by atoms with Crippen molar-refractivity contribution in [1.29, 1.82) is 0 Å². The van der Waals surface area contributed by atoms with Gasteiger partial charge in [0, 0.05) is 25.7 Å². The number of nitrogens with zero attached hydrogens (tertiary/aromatic N) is 3. The van der Waals surface area contributed by atoms with E-state index in [0.29, 0.717) is 24.3 Å². The van der Waals surface area contributed by atoms with Crippen molar-refractivity contribution in [2.45, 2.75) is 19.4 Å². The van der Waals surface area contributed by atoms with Crippen LogP contribution in [0, 0.1) is 0 Å². The lowest BCUT2D eigenvalue weighted by molar-refractivity contribution is -0.133. The minimum atomic E-state index is -0.863. The van der Waals surface area contributed by atoms with Gasteiger partial charge in [-0.2, -0.15) is 5.10 Å². The molecular formula is C13H18N4O2. The third-order valence-corrected chi connectivity index (χ3v) is 3.49. The number of hydrogen-bond acceptors (Lipinski definition) is 3. The predicted molar refractivity (Wildman–Crippen MR) is 71.4 cm³/mol. The average Bonchev–Trinajstić information content (AvgIpc) is 2.73. The van der Waals surface area contributed by atoms with Crippen molar-refractivity contribution in [3.8, 4) is 0 Å². The number of piperazine rings is 1. The van der Waals surface area contributed by atoms with Crippen LogP contribution in [0.25, 0.3) is 6.08 Å². The Bertz CT molecular complexity index is 545. The Morgan fingerprint density at radius 3 is 2.89 bits per heavy atom. The Morgan fingerprint density at radius 1 is 1.58 bits per heavy atom. The molecule has 0 atom stereocenters.